The Morgan fingerprint density at radius 3 is 3.05 bits per heavy atom. The zero-order valence-electron chi connectivity index (χ0n) is 10.8. The molecule has 0 bridgehead atoms. The van der Waals surface area contributed by atoms with Crippen LogP contribution in [0.2, 0.25) is 0 Å². The molecule has 1 heterocycles. The molecule has 0 amide bonds. The highest BCUT2D eigenvalue weighted by atomic mass is 32.2. The Kier molecular flexibility index (Phi) is 4.62. The van der Waals surface area contributed by atoms with E-state index >= 15 is 0 Å². The van der Waals surface area contributed by atoms with Crippen LogP contribution in [0, 0.1) is 10.1 Å². The van der Waals surface area contributed by atoms with E-state index in [0.29, 0.717) is 10.9 Å². The SMILES string of the molecule is CC1CN(Cc2ccc(NN)c([N+](=O)[O-])c2)CCS1. The lowest BCUT2D eigenvalue weighted by atomic mass is 10.1. The molecule has 1 aliphatic heterocycles. The Balaban J connectivity index is 2.12. The van der Waals surface area contributed by atoms with Crippen molar-refractivity contribution < 1.29 is 4.92 Å². The van der Waals surface area contributed by atoms with E-state index in [1.807, 2.05) is 17.8 Å². The van der Waals surface area contributed by atoms with Gasteiger partial charge in [-0.2, -0.15) is 11.8 Å². The van der Waals surface area contributed by atoms with Crippen LogP contribution >= 0.6 is 11.8 Å². The molecule has 6 nitrogen and oxygen atoms in total. The van der Waals surface area contributed by atoms with E-state index in [0.717, 1.165) is 31.0 Å². The van der Waals surface area contributed by atoms with Crippen molar-refractivity contribution in [1.29, 1.82) is 0 Å². The number of nitrogens with two attached hydrogens (primary N) is 1. The summed E-state index contributed by atoms with van der Waals surface area (Å²) >= 11 is 1.97. The maximum atomic E-state index is 11.0. The highest BCUT2D eigenvalue weighted by molar-refractivity contribution is 7.99. The Morgan fingerprint density at radius 2 is 2.42 bits per heavy atom. The second kappa shape index (κ2) is 6.23. The van der Waals surface area contributed by atoms with Crippen molar-refractivity contribution in [2.75, 3.05) is 24.3 Å². The van der Waals surface area contributed by atoms with Crippen molar-refractivity contribution in [2.24, 2.45) is 5.84 Å². The number of benzene rings is 1. The average Bonchev–Trinajstić information content (AvgIpc) is 2.38. The maximum absolute atomic E-state index is 11.0. The first-order chi connectivity index (χ1) is 9.10. The molecule has 0 aromatic heterocycles. The number of rotatable bonds is 4. The maximum Gasteiger partial charge on any atom is 0.293 e. The van der Waals surface area contributed by atoms with Crippen LogP contribution in [0.3, 0.4) is 0 Å². The van der Waals surface area contributed by atoms with Gasteiger partial charge in [-0.3, -0.25) is 20.9 Å². The summed E-state index contributed by atoms with van der Waals surface area (Å²) < 4.78 is 0. The van der Waals surface area contributed by atoms with Gasteiger partial charge in [0.2, 0.25) is 0 Å². The number of anilines is 1. The van der Waals surface area contributed by atoms with Crippen LogP contribution in [-0.4, -0.2) is 33.9 Å². The summed E-state index contributed by atoms with van der Waals surface area (Å²) in [6.45, 7) is 5.01. The molecule has 0 radical (unpaired) electrons. The summed E-state index contributed by atoms with van der Waals surface area (Å²) in [5.74, 6) is 6.39. The van der Waals surface area contributed by atoms with Crippen LogP contribution in [-0.2, 0) is 6.54 Å². The van der Waals surface area contributed by atoms with Crippen molar-refractivity contribution in [2.45, 2.75) is 18.7 Å². The van der Waals surface area contributed by atoms with Gasteiger partial charge in [-0.05, 0) is 11.6 Å². The molecule has 1 aliphatic rings. The topological polar surface area (TPSA) is 84.4 Å². The van der Waals surface area contributed by atoms with E-state index in [1.165, 1.54) is 0 Å². The lowest BCUT2D eigenvalue weighted by molar-refractivity contribution is -0.384. The quantitative estimate of drug-likeness (QED) is 0.498. The van der Waals surface area contributed by atoms with Gasteiger partial charge >= 0.3 is 0 Å². The van der Waals surface area contributed by atoms with E-state index in [-0.39, 0.29) is 5.69 Å². The predicted molar refractivity (Wildman–Crippen MR) is 78.1 cm³/mol. The van der Waals surface area contributed by atoms with Crippen molar-refractivity contribution in [3.63, 3.8) is 0 Å². The Hall–Kier alpha value is -1.31. The molecule has 1 aromatic rings. The second-order valence-corrected chi connectivity index (χ2v) is 6.22. The number of nitro groups is 1. The van der Waals surface area contributed by atoms with Crippen molar-refractivity contribution in [3.8, 4) is 0 Å². The largest absolute Gasteiger partial charge is 0.318 e. The van der Waals surface area contributed by atoms with Gasteiger partial charge in [0.05, 0.1) is 4.92 Å². The molecule has 2 rings (SSSR count). The fourth-order valence-corrected chi connectivity index (χ4v) is 3.32. The van der Waals surface area contributed by atoms with Crippen molar-refractivity contribution >= 4 is 23.1 Å². The molecule has 0 spiro atoms. The number of nitrogen functional groups attached to an aromatic ring is 1. The molecule has 104 valence electrons. The van der Waals surface area contributed by atoms with E-state index < -0.39 is 4.92 Å². The molecule has 1 fully saturated rings. The highest BCUT2D eigenvalue weighted by Gasteiger charge is 2.19. The van der Waals surface area contributed by atoms with E-state index in [1.54, 1.807) is 12.1 Å². The van der Waals surface area contributed by atoms with Gasteiger partial charge in [-0.25, -0.2) is 0 Å². The fourth-order valence-electron chi connectivity index (χ4n) is 2.24. The summed E-state index contributed by atoms with van der Waals surface area (Å²) in [6, 6.07) is 5.14. The van der Waals surface area contributed by atoms with Crippen molar-refractivity contribution in [3.05, 3.63) is 33.9 Å². The minimum absolute atomic E-state index is 0.0273. The fraction of sp³-hybridized carbons (Fsp3) is 0.500. The second-order valence-electron chi connectivity index (χ2n) is 4.67. The third-order valence-corrected chi connectivity index (χ3v) is 4.28. The van der Waals surface area contributed by atoms with Crippen LogP contribution in [0.15, 0.2) is 18.2 Å². The molecule has 1 aromatic carbocycles. The number of hydrogen-bond donors (Lipinski definition) is 2. The van der Waals surface area contributed by atoms with Gasteiger partial charge in [0.15, 0.2) is 0 Å². The van der Waals surface area contributed by atoms with Gasteiger partial charge in [0.1, 0.15) is 5.69 Å². The first-order valence-electron chi connectivity index (χ1n) is 6.18. The van der Waals surface area contributed by atoms with Gasteiger partial charge in [0, 0.05) is 36.7 Å². The van der Waals surface area contributed by atoms with Crippen LogP contribution in [0.5, 0.6) is 0 Å². The molecule has 0 aliphatic carbocycles. The standard InChI is InChI=1S/C12H18N4O2S/c1-9-7-15(4-5-19-9)8-10-2-3-11(14-13)12(6-10)16(17)18/h2-3,6,9,14H,4-5,7-8,13H2,1H3. The molecule has 19 heavy (non-hydrogen) atoms. The minimum Gasteiger partial charge on any atom is -0.318 e. The first kappa shape index (κ1) is 14.1. The van der Waals surface area contributed by atoms with Crippen LogP contribution < -0.4 is 11.3 Å². The third-order valence-electron chi connectivity index (χ3n) is 3.15. The lowest BCUT2D eigenvalue weighted by Crippen LogP contribution is -2.36. The average molecular weight is 282 g/mol. The predicted octanol–water partition coefficient (Wildman–Crippen LogP) is 1.82. The third kappa shape index (κ3) is 3.59. The normalized spacial score (nSPS) is 20.2. The summed E-state index contributed by atoms with van der Waals surface area (Å²) in [5.41, 5.74) is 3.68. The Labute approximate surface area is 116 Å². The molecule has 1 saturated heterocycles. The molecule has 1 atom stereocenters. The summed E-state index contributed by atoms with van der Waals surface area (Å²) in [4.78, 5) is 12.9. The smallest absolute Gasteiger partial charge is 0.293 e. The molecule has 7 heteroatoms. The van der Waals surface area contributed by atoms with E-state index in [9.17, 15) is 10.1 Å². The number of nitrogens with zero attached hydrogens (tertiary/aromatic N) is 2. The Morgan fingerprint density at radius 1 is 1.63 bits per heavy atom. The number of nitro benzene ring substituents is 1. The van der Waals surface area contributed by atoms with E-state index in [2.05, 4.69) is 17.2 Å². The highest BCUT2D eigenvalue weighted by Crippen LogP contribution is 2.26. The van der Waals surface area contributed by atoms with E-state index in [4.69, 9.17) is 5.84 Å². The first-order valence-corrected chi connectivity index (χ1v) is 7.23. The Bertz CT molecular complexity index is 469. The molecular formula is C12H18N4O2S. The van der Waals surface area contributed by atoms with Crippen LogP contribution in [0.4, 0.5) is 11.4 Å². The van der Waals surface area contributed by atoms with Gasteiger partial charge < -0.3 is 5.43 Å². The lowest BCUT2D eigenvalue weighted by Gasteiger charge is -2.30. The minimum atomic E-state index is -0.409. The van der Waals surface area contributed by atoms with Crippen LogP contribution in [0.25, 0.3) is 0 Å². The number of hydrogen-bond acceptors (Lipinski definition) is 6. The zero-order chi connectivity index (χ0) is 13.8. The molecule has 3 N–H and O–H groups in total. The summed E-state index contributed by atoms with van der Waals surface area (Å²) in [5, 5.41) is 11.6. The molecule has 0 saturated carbocycles. The number of hydrazine groups is 1. The summed E-state index contributed by atoms with van der Waals surface area (Å²) in [7, 11) is 0. The molecule has 1 unspecified atom stereocenters. The van der Waals surface area contributed by atoms with Gasteiger partial charge in [0.25, 0.3) is 5.69 Å². The van der Waals surface area contributed by atoms with Crippen molar-refractivity contribution in [1.82, 2.24) is 4.90 Å². The molecular weight excluding hydrogens is 264 g/mol. The number of thioether (sulfide) groups is 1. The summed E-state index contributed by atoms with van der Waals surface area (Å²) in [6.07, 6.45) is 0. The van der Waals surface area contributed by atoms with Crippen LogP contribution in [0.1, 0.15) is 12.5 Å². The number of nitrogens with one attached hydrogen (secondary N) is 1. The monoisotopic (exact) mass is 282 g/mol. The zero-order valence-corrected chi connectivity index (χ0v) is 11.7. The van der Waals surface area contributed by atoms with Gasteiger partial charge in [-0.15, -0.1) is 0 Å². The van der Waals surface area contributed by atoms with Gasteiger partial charge in [-0.1, -0.05) is 13.0 Å².